The van der Waals surface area contributed by atoms with Crippen LogP contribution in [0.5, 0.6) is 0 Å². The molecule has 0 radical (unpaired) electrons. The second-order valence-electron chi connectivity index (χ2n) is 5.64. The standard InChI is InChI=1S/C17H19N3O6S/c1-3-8-19-27(24,25)13-6-4-12(5-7-13)17(23)20-10-9-18-16(22)14(20)11-15(21)26-2/h1,4-7,14,19H,8-11H2,2H3,(H,18,22)/t14-/m0/s1. The maximum absolute atomic E-state index is 12.8. The fourth-order valence-corrected chi connectivity index (χ4v) is 3.50. The van der Waals surface area contributed by atoms with Crippen molar-refractivity contribution in [2.45, 2.75) is 17.4 Å². The van der Waals surface area contributed by atoms with Crippen LogP contribution in [0.15, 0.2) is 29.2 Å². The second kappa shape index (κ2) is 8.66. The molecule has 2 N–H and O–H groups in total. The first kappa shape index (κ1) is 20.4. The molecule has 27 heavy (non-hydrogen) atoms. The predicted molar refractivity (Wildman–Crippen MR) is 94.9 cm³/mol. The van der Waals surface area contributed by atoms with Crippen molar-refractivity contribution < 1.29 is 27.5 Å². The number of nitrogens with one attached hydrogen (secondary N) is 2. The number of hydrogen-bond acceptors (Lipinski definition) is 6. The number of esters is 1. The Morgan fingerprint density at radius 3 is 2.63 bits per heavy atom. The van der Waals surface area contributed by atoms with Gasteiger partial charge in [0.15, 0.2) is 0 Å². The predicted octanol–water partition coefficient (Wildman–Crippen LogP) is -0.898. The minimum absolute atomic E-state index is 0.0446. The van der Waals surface area contributed by atoms with E-state index in [0.29, 0.717) is 0 Å². The van der Waals surface area contributed by atoms with E-state index in [1.165, 1.54) is 36.3 Å². The fourth-order valence-electron chi connectivity index (χ4n) is 2.56. The van der Waals surface area contributed by atoms with E-state index in [9.17, 15) is 22.8 Å². The summed E-state index contributed by atoms with van der Waals surface area (Å²) < 4.78 is 30.8. The number of sulfonamides is 1. The monoisotopic (exact) mass is 393 g/mol. The Labute approximate surface area is 157 Å². The number of benzene rings is 1. The van der Waals surface area contributed by atoms with Crippen LogP contribution in [-0.2, 0) is 24.3 Å². The molecule has 144 valence electrons. The first-order valence-corrected chi connectivity index (χ1v) is 9.47. The van der Waals surface area contributed by atoms with Gasteiger partial charge in [-0.3, -0.25) is 14.4 Å². The second-order valence-corrected chi connectivity index (χ2v) is 7.41. The molecule has 10 heteroatoms. The van der Waals surface area contributed by atoms with Gasteiger partial charge in [-0.15, -0.1) is 6.42 Å². The third kappa shape index (κ3) is 4.84. The number of rotatable bonds is 6. The Hall–Kier alpha value is -2.90. The van der Waals surface area contributed by atoms with Crippen LogP contribution >= 0.6 is 0 Å². The summed E-state index contributed by atoms with van der Waals surface area (Å²) >= 11 is 0. The van der Waals surface area contributed by atoms with Gasteiger partial charge in [0, 0.05) is 18.7 Å². The zero-order chi connectivity index (χ0) is 20.0. The molecule has 0 unspecified atom stereocenters. The van der Waals surface area contributed by atoms with E-state index in [1.54, 1.807) is 0 Å². The lowest BCUT2D eigenvalue weighted by Crippen LogP contribution is -2.57. The molecule has 1 aromatic carbocycles. The topological polar surface area (TPSA) is 122 Å². The Morgan fingerprint density at radius 2 is 2.04 bits per heavy atom. The van der Waals surface area contributed by atoms with Crippen molar-refractivity contribution in [3.63, 3.8) is 0 Å². The third-order valence-electron chi connectivity index (χ3n) is 3.96. The van der Waals surface area contributed by atoms with E-state index in [2.05, 4.69) is 20.7 Å². The summed E-state index contributed by atoms with van der Waals surface area (Å²) in [6.45, 7) is 0.321. The molecular weight excluding hydrogens is 374 g/mol. The quantitative estimate of drug-likeness (QED) is 0.477. The number of amides is 2. The molecule has 1 aliphatic rings. The molecule has 0 spiro atoms. The minimum atomic E-state index is -3.77. The number of methoxy groups -OCH3 is 1. The molecule has 1 fully saturated rings. The van der Waals surface area contributed by atoms with Crippen LogP contribution in [0.4, 0.5) is 0 Å². The smallest absolute Gasteiger partial charge is 0.308 e. The van der Waals surface area contributed by atoms with Gasteiger partial charge in [-0.1, -0.05) is 5.92 Å². The van der Waals surface area contributed by atoms with Crippen LogP contribution in [0.1, 0.15) is 16.8 Å². The van der Waals surface area contributed by atoms with E-state index < -0.39 is 33.8 Å². The Bertz CT molecular complexity index is 873. The highest BCUT2D eigenvalue weighted by atomic mass is 32.2. The summed E-state index contributed by atoms with van der Waals surface area (Å²) in [6, 6.07) is 4.24. The number of piperazine rings is 1. The summed E-state index contributed by atoms with van der Waals surface area (Å²) in [6.07, 6.45) is 4.77. The number of carbonyl (C=O) groups is 3. The van der Waals surface area contributed by atoms with Crippen molar-refractivity contribution in [3.05, 3.63) is 29.8 Å². The van der Waals surface area contributed by atoms with Crippen LogP contribution in [0.25, 0.3) is 0 Å². The highest BCUT2D eigenvalue weighted by molar-refractivity contribution is 7.89. The van der Waals surface area contributed by atoms with Gasteiger partial charge >= 0.3 is 5.97 Å². The first-order valence-electron chi connectivity index (χ1n) is 7.99. The van der Waals surface area contributed by atoms with Gasteiger partial charge in [-0.05, 0) is 24.3 Å². The average molecular weight is 393 g/mol. The minimum Gasteiger partial charge on any atom is -0.469 e. The lowest BCUT2D eigenvalue weighted by molar-refractivity contribution is -0.145. The molecule has 2 amide bonds. The van der Waals surface area contributed by atoms with Crippen molar-refractivity contribution in [1.29, 1.82) is 0 Å². The van der Waals surface area contributed by atoms with Gasteiger partial charge in [0.05, 0.1) is 25.0 Å². The number of nitrogens with zero attached hydrogens (tertiary/aromatic N) is 1. The maximum atomic E-state index is 12.8. The molecule has 9 nitrogen and oxygen atoms in total. The summed E-state index contributed by atoms with van der Waals surface area (Å²) in [7, 11) is -2.57. The van der Waals surface area contributed by atoms with Gasteiger partial charge in [0.1, 0.15) is 6.04 Å². The summed E-state index contributed by atoms with van der Waals surface area (Å²) in [5.41, 5.74) is 0.190. The molecule has 0 bridgehead atoms. The lowest BCUT2D eigenvalue weighted by Gasteiger charge is -2.34. The van der Waals surface area contributed by atoms with Gasteiger partial charge in [-0.25, -0.2) is 8.42 Å². The number of carbonyl (C=O) groups excluding carboxylic acids is 3. The molecule has 1 heterocycles. The van der Waals surface area contributed by atoms with E-state index in [-0.39, 0.29) is 36.5 Å². The van der Waals surface area contributed by atoms with E-state index in [1.807, 2.05) is 0 Å². The summed E-state index contributed by atoms with van der Waals surface area (Å²) in [4.78, 5) is 37.6. The van der Waals surface area contributed by atoms with Crippen molar-refractivity contribution in [2.24, 2.45) is 0 Å². The van der Waals surface area contributed by atoms with Crippen molar-refractivity contribution >= 4 is 27.8 Å². The van der Waals surface area contributed by atoms with Crippen LogP contribution in [0.3, 0.4) is 0 Å². The molecule has 1 atom stereocenters. The van der Waals surface area contributed by atoms with Gasteiger partial charge in [0.2, 0.25) is 15.9 Å². The largest absolute Gasteiger partial charge is 0.469 e. The lowest BCUT2D eigenvalue weighted by atomic mass is 10.1. The van der Waals surface area contributed by atoms with Crippen LogP contribution in [-0.4, -0.2) is 63.9 Å². The van der Waals surface area contributed by atoms with Crippen LogP contribution < -0.4 is 10.0 Å². The Morgan fingerprint density at radius 1 is 1.37 bits per heavy atom. The number of ether oxygens (including phenoxy) is 1. The molecule has 0 aromatic heterocycles. The van der Waals surface area contributed by atoms with E-state index >= 15 is 0 Å². The summed E-state index contributed by atoms with van der Waals surface area (Å²) in [5, 5.41) is 2.60. The highest BCUT2D eigenvalue weighted by Crippen LogP contribution is 2.17. The molecular formula is C17H19N3O6S. The average Bonchev–Trinajstić information content (AvgIpc) is 2.67. The molecule has 0 aliphatic carbocycles. The highest BCUT2D eigenvalue weighted by Gasteiger charge is 2.35. The SMILES string of the molecule is C#CCNS(=O)(=O)c1ccc(C(=O)N2CCNC(=O)[C@@H]2CC(=O)OC)cc1. The van der Waals surface area contributed by atoms with Crippen LogP contribution in [0, 0.1) is 12.3 Å². The third-order valence-corrected chi connectivity index (χ3v) is 5.37. The van der Waals surface area contributed by atoms with E-state index in [0.717, 1.165) is 0 Å². The van der Waals surface area contributed by atoms with Gasteiger partial charge in [0.25, 0.3) is 5.91 Å². The molecule has 1 saturated heterocycles. The maximum Gasteiger partial charge on any atom is 0.308 e. The fraction of sp³-hybridized carbons (Fsp3) is 0.353. The molecule has 1 aromatic rings. The molecule has 0 saturated carbocycles. The zero-order valence-electron chi connectivity index (χ0n) is 14.6. The number of hydrogen-bond donors (Lipinski definition) is 2. The van der Waals surface area contributed by atoms with Crippen molar-refractivity contribution in [2.75, 3.05) is 26.7 Å². The van der Waals surface area contributed by atoms with Crippen molar-refractivity contribution in [3.8, 4) is 12.3 Å². The van der Waals surface area contributed by atoms with E-state index in [4.69, 9.17) is 6.42 Å². The van der Waals surface area contributed by atoms with Crippen LogP contribution in [0.2, 0.25) is 0 Å². The van der Waals surface area contributed by atoms with Gasteiger partial charge in [-0.2, -0.15) is 4.72 Å². The first-order chi connectivity index (χ1) is 12.8. The van der Waals surface area contributed by atoms with Crippen molar-refractivity contribution in [1.82, 2.24) is 14.9 Å². The molecule has 1 aliphatic heterocycles. The zero-order valence-corrected chi connectivity index (χ0v) is 15.4. The Kier molecular flexibility index (Phi) is 6.55. The molecule has 2 rings (SSSR count). The number of terminal acetylenes is 1. The van der Waals surface area contributed by atoms with Gasteiger partial charge < -0.3 is 15.0 Å². The summed E-state index contributed by atoms with van der Waals surface area (Å²) in [5.74, 6) is 0.621. The normalized spacial score (nSPS) is 17.0. The Balaban J connectivity index is 2.21.